The van der Waals surface area contributed by atoms with E-state index in [0.717, 1.165) is 24.2 Å². The van der Waals surface area contributed by atoms with Gasteiger partial charge in [0, 0.05) is 19.8 Å². The van der Waals surface area contributed by atoms with Gasteiger partial charge in [0.15, 0.2) is 0 Å². The predicted molar refractivity (Wildman–Crippen MR) is 187 cm³/mol. The maximum Gasteiger partial charge on any atom is 0.241 e. The molecule has 2 aromatic rings. The van der Waals surface area contributed by atoms with E-state index in [9.17, 15) is 19.2 Å². The van der Waals surface area contributed by atoms with Crippen LogP contribution in [0.2, 0.25) is 0 Å². The number of hydrogen-bond donors (Lipinski definition) is 2. The minimum atomic E-state index is -0.810. The number of carbonyl (C=O) groups excluding carboxylic acids is 4. The van der Waals surface area contributed by atoms with Gasteiger partial charge in [-0.05, 0) is 67.9 Å². The zero-order chi connectivity index (χ0) is 34.9. The fourth-order valence-corrected chi connectivity index (χ4v) is 9.07. The van der Waals surface area contributed by atoms with Crippen molar-refractivity contribution in [3.05, 3.63) is 84.0 Å². The normalized spacial score (nSPS) is 33.3. The lowest BCUT2D eigenvalue weighted by molar-refractivity contribution is -0.128. The van der Waals surface area contributed by atoms with Crippen LogP contribution in [0.15, 0.2) is 72.8 Å². The quantitative estimate of drug-likeness (QED) is 0.187. The molecule has 0 spiro atoms. The number of benzene rings is 2. The van der Waals surface area contributed by atoms with Crippen molar-refractivity contribution >= 4 is 35.0 Å². The third-order valence-corrected chi connectivity index (χ3v) is 11.4. The molecule has 8 unspecified atom stereocenters. The highest BCUT2D eigenvalue weighted by molar-refractivity contribution is 6.24. The van der Waals surface area contributed by atoms with Crippen molar-refractivity contribution in [2.24, 2.45) is 29.6 Å². The zero-order valence-corrected chi connectivity index (χ0v) is 29.0. The molecule has 2 N–H and O–H groups in total. The third kappa shape index (κ3) is 5.04. The Labute approximate surface area is 292 Å². The molecule has 4 amide bonds. The van der Waals surface area contributed by atoms with Crippen molar-refractivity contribution in [1.29, 1.82) is 0 Å². The number of anilines is 2. The van der Waals surface area contributed by atoms with E-state index in [-0.39, 0.29) is 29.7 Å². The van der Waals surface area contributed by atoms with E-state index in [1.807, 2.05) is 79.9 Å². The number of fused-ring (bicyclic) bond motifs is 10. The Morgan fingerprint density at radius 2 is 1.26 bits per heavy atom. The number of rotatable bonds is 13. The Kier molecular flexibility index (Phi) is 8.19. The number of nitrogens with one attached hydrogen (secondary N) is 2. The van der Waals surface area contributed by atoms with Crippen molar-refractivity contribution in [1.82, 2.24) is 15.5 Å². The van der Waals surface area contributed by atoms with Gasteiger partial charge in [-0.1, -0.05) is 69.3 Å². The lowest BCUT2D eigenvalue weighted by Gasteiger charge is -2.34. The zero-order valence-electron chi connectivity index (χ0n) is 29.0. The highest BCUT2D eigenvalue weighted by Crippen LogP contribution is 2.54. The minimum absolute atomic E-state index is 0.208. The van der Waals surface area contributed by atoms with Crippen LogP contribution in [0.3, 0.4) is 0 Å². The van der Waals surface area contributed by atoms with E-state index in [4.69, 9.17) is 9.47 Å². The van der Waals surface area contributed by atoms with Crippen LogP contribution in [0, 0.1) is 29.6 Å². The van der Waals surface area contributed by atoms with Gasteiger partial charge in [0.25, 0.3) is 0 Å². The molecule has 4 saturated heterocycles. The summed E-state index contributed by atoms with van der Waals surface area (Å²) in [5.74, 6) is -2.48. The molecule has 0 saturated carbocycles. The van der Waals surface area contributed by atoms with Crippen LogP contribution in [0.25, 0.3) is 0 Å². The highest BCUT2D eigenvalue weighted by Gasteiger charge is 2.69. The number of imide groups is 2. The second-order valence-corrected chi connectivity index (χ2v) is 15.0. The average molecular weight is 680 g/mol. The summed E-state index contributed by atoms with van der Waals surface area (Å²) < 4.78 is 12.6. The second-order valence-electron chi connectivity index (χ2n) is 15.0. The number of amides is 4. The molecular weight excluding hydrogens is 634 g/mol. The van der Waals surface area contributed by atoms with Crippen LogP contribution < -0.4 is 20.4 Å². The van der Waals surface area contributed by atoms with Crippen LogP contribution in [-0.4, -0.2) is 91.8 Å². The summed E-state index contributed by atoms with van der Waals surface area (Å²) in [6, 6.07) is 15.1. The van der Waals surface area contributed by atoms with Crippen molar-refractivity contribution in [3.63, 3.8) is 0 Å². The third-order valence-electron chi connectivity index (χ3n) is 11.4. The lowest BCUT2D eigenvalue weighted by Crippen LogP contribution is -2.50. The molecule has 0 aliphatic carbocycles. The molecule has 11 nitrogen and oxygen atoms in total. The van der Waals surface area contributed by atoms with E-state index in [1.54, 1.807) is 0 Å². The monoisotopic (exact) mass is 679 g/mol. The maximum absolute atomic E-state index is 13.9. The average Bonchev–Trinajstić information content (AvgIpc) is 3.93. The summed E-state index contributed by atoms with van der Waals surface area (Å²) in [5.41, 5.74) is 1.53. The van der Waals surface area contributed by atoms with E-state index in [2.05, 4.69) is 36.3 Å². The largest absolute Gasteiger partial charge is 0.361 e. The first kappa shape index (κ1) is 33.2. The van der Waals surface area contributed by atoms with Crippen molar-refractivity contribution in [2.45, 2.75) is 50.6 Å². The summed E-state index contributed by atoms with van der Waals surface area (Å²) in [7, 11) is 1.89. The van der Waals surface area contributed by atoms with Crippen molar-refractivity contribution < 1.29 is 28.7 Å². The van der Waals surface area contributed by atoms with E-state index < -0.39 is 41.0 Å². The van der Waals surface area contributed by atoms with E-state index >= 15 is 0 Å². The van der Waals surface area contributed by atoms with Crippen molar-refractivity contribution in [2.75, 3.05) is 49.7 Å². The highest BCUT2D eigenvalue weighted by atomic mass is 16.5. The first-order valence-corrected chi connectivity index (χ1v) is 17.9. The van der Waals surface area contributed by atoms with Gasteiger partial charge in [-0.15, -0.1) is 0 Å². The number of hydrogen-bond acceptors (Lipinski definition) is 9. The molecule has 6 aliphatic rings. The molecule has 50 heavy (non-hydrogen) atoms. The molecule has 8 rings (SSSR count). The first-order chi connectivity index (χ1) is 24.1. The molecular formula is C39H45N5O6. The Morgan fingerprint density at radius 1 is 0.760 bits per heavy atom. The molecule has 2 aromatic carbocycles. The molecule has 6 aliphatic heterocycles. The van der Waals surface area contributed by atoms with Gasteiger partial charge in [0.2, 0.25) is 23.6 Å². The molecule has 0 radical (unpaired) electrons. The molecule has 8 atom stereocenters. The van der Waals surface area contributed by atoms with Crippen LogP contribution in [0.1, 0.15) is 31.9 Å². The second kappa shape index (κ2) is 12.3. The van der Waals surface area contributed by atoms with Crippen LogP contribution >= 0.6 is 0 Å². The number of carbonyl (C=O) groups is 4. The molecule has 0 aromatic heterocycles. The minimum Gasteiger partial charge on any atom is -0.361 e. The molecule has 262 valence electrons. The van der Waals surface area contributed by atoms with Gasteiger partial charge < -0.3 is 20.1 Å². The summed E-state index contributed by atoms with van der Waals surface area (Å²) >= 11 is 0. The topological polar surface area (TPSA) is 121 Å². The lowest BCUT2D eigenvalue weighted by atomic mass is 9.76. The van der Waals surface area contributed by atoms with Crippen LogP contribution in [-0.2, 0) is 35.1 Å². The predicted octanol–water partition coefficient (Wildman–Crippen LogP) is 2.65. The summed E-state index contributed by atoms with van der Waals surface area (Å²) in [5, 5.41) is 6.60. The van der Waals surface area contributed by atoms with Gasteiger partial charge in [-0.25, -0.2) is 9.80 Å². The maximum atomic E-state index is 13.9. The van der Waals surface area contributed by atoms with Crippen LogP contribution in [0.5, 0.6) is 0 Å². The molecule has 11 heteroatoms. The van der Waals surface area contributed by atoms with Gasteiger partial charge in [0.05, 0.1) is 47.3 Å². The Bertz CT molecular complexity index is 1770. The van der Waals surface area contributed by atoms with Crippen LogP contribution in [0.4, 0.5) is 11.4 Å². The molecule has 4 fully saturated rings. The Balaban J connectivity index is 0.936. The van der Waals surface area contributed by atoms with E-state index in [0.29, 0.717) is 43.5 Å². The summed E-state index contributed by atoms with van der Waals surface area (Å²) in [6.45, 7) is 9.60. The summed E-state index contributed by atoms with van der Waals surface area (Å²) in [6.07, 6.45) is 7.65. The van der Waals surface area contributed by atoms with E-state index in [1.165, 1.54) is 9.80 Å². The van der Waals surface area contributed by atoms with Crippen molar-refractivity contribution in [3.8, 4) is 0 Å². The van der Waals surface area contributed by atoms with Gasteiger partial charge >= 0.3 is 0 Å². The SMILES string of the molecule is CCN(CNC)CC12C=CC(O1)C1C(=O)N(c3ccc(Cc4ccc(N5C(=O)C6C7C=CC(CNCC(C)C)(O7)C6C5=O)cc4)cc3)C(=O)C12. The number of nitrogens with zero attached hydrogens (tertiary/aromatic N) is 3. The summed E-state index contributed by atoms with van der Waals surface area (Å²) in [4.78, 5) is 59.7. The Hall–Kier alpha value is -4.00. The standard InChI is InChI=1S/C39H45N5O6/c1-5-42(22-40-4)21-39-17-15-29(50-39)31-33(39)37(48)44(35(31)46)27-12-8-25(9-13-27)18-24-6-10-26(11-7-24)43-34(45)30-28-14-16-38(49-28,32(30)36(43)47)20-41-19-23(2)3/h6-17,23,28-33,40-41H,5,18-22H2,1-4H3. The molecule has 6 heterocycles. The fourth-order valence-electron chi connectivity index (χ4n) is 9.07. The van der Waals surface area contributed by atoms with Gasteiger partial charge in [-0.3, -0.25) is 24.1 Å². The number of ether oxygens (including phenoxy) is 2. The smallest absolute Gasteiger partial charge is 0.241 e. The molecule has 4 bridgehead atoms. The fraction of sp³-hybridized carbons (Fsp3) is 0.487. The van der Waals surface area contributed by atoms with Gasteiger partial charge in [0.1, 0.15) is 11.2 Å². The van der Waals surface area contributed by atoms with Gasteiger partial charge in [-0.2, -0.15) is 0 Å². The number of likely N-dealkylation sites (N-methyl/N-ethyl adjacent to an activating group) is 1. The Morgan fingerprint density at radius 3 is 1.76 bits per heavy atom. The first-order valence-electron chi connectivity index (χ1n) is 17.9.